The first-order valence-electron chi connectivity index (χ1n) is 7.93. The van der Waals surface area contributed by atoms with Crippen LogP contribution >= 0.6 is 0 Å². The molecule has 0 spiro atoms. The van der Waals surface area contributed by atoms with Crippen molar-refractivity contribution in [2.75, 3.05) is 19.5 Å². The lowest BCUT2D eigenvalue weighted by Crippen LogP contribution is -2.19. The first kappa shape index (κ1) is 16.6. The number of anilines is 2. The molecular weight excluding hydrogens is 316 g/mol. The van der Waals surface area contributed by atoms with Gasteiger partial charge in [-0.25, -0.2) is 0 Å². The zero-order valence-corrected chi connectivity index (χ0v) is 14.2. The molecule has 3 aromatic rings. The van der Waals surface area contributed by atoms with E-state index in [2.05, 4.69) is 5.32 Å². The maximum Gasteiger partial charge on any atom is 0.250 e. The molecule has 5 heteroatoms. The molecule has 0 aliphatic carbocycles. The highest BCUT2D eigenvalue weighted by Crippen LogP contribution is 2.30. The highest BCUT2D eigenvalue weighted by atomic mass is 16.5. The van der Waals surface area contributed by atoms with Crippen molar-refractivity contribution >= 4 is 11.4 Å². The van der Waals surface area contributed by atoms with Crippen LogP contribution in [0.25, 0.3) is 0 Å². The summed E-state index contributed by atoms with van der Waals surface area (Å²) in [5.74, 6) is 1.31. The maximum atomic E-state index is 12.1. The molecule has 0 saturated heterocycles. The van der Waals surface area contributed by atoms with Gasteiger partial charge in [0, 0.05) is 24.0 Å². The SMILES string of the molecule is COc1ccc(Nc2ccc(=O)n(Cc3ccccc3)c2)cc1OC. The van der Waals surface area contributed by atoms with Crippen molar-refractivity contribution < 1.29 is 9.47 Å². The van der Waals surface area contributed by atoms with Gasteiger partial charge in [-0.1, -0.05) is 30.3 Å². The number of methoxy groups -OCH3 is 2. The van der Waals surface area contributed by atoms with E-state index in [-0.39, 0.29) is 5.56 Å². The van der Waals surface area contributed by atoms with Gasteiger partial charge in [-0.2, -0.15) is 0 Å². The Morgan fingerprint density at radius 2 is 1.60 bits per heavy atom. The standard InChI is InChI=1S/C20H20N2O3/c1-24-18-10-8-16(12-19(18)25-2)21-17-9-11-20(23)22(14-17)13-15-6-4-3-5-7-15/h3-12,14,21H,13H2,1-2H3. The minimum atomic E-state index is -0.0401. The Morgan fingerprint density at radius 1 is 0.880 bits per heavy atom. The first-order chi connectivity index (χ1) is 12.2. The van der Waals surface area contributed by atoms with Crippen LogP contribution in [0.2, 0.25) is 0 Å². The number of hydrogen-bond acceptors (Lipinski definition) is 4. The number of hydrogen-bond donors (Lipinski definition) is 1. The molecule has 128 valence electrons. The van der Waals surface area contributed by atoms with Gasteiger partial charge in [0.1, 0.15) is 0 Å². The Hall–Kier alpha value is -3.21. The second kappa shape index (κ2) is 7.57. The summed E-state index contributed by atoms with van der Waals surface area (Å²) in [7, 11) is 3.20. The zero-order chi connectivity index (χ0) is 17.6. The molecule has 5 nitrogen and oxygen atoms in total. The normalized spacial score (nSPS) is 10.3. The Kier molecular flexibility index (Phi) is 5.04. The fourth-order valence-corrected chi connectivity index (χ4v) is 2.59. The molecule has 0 aliphatic heterocycles. The van der Waals surface area contributed by atoms with E-state index in [4.69, 9.17) is 9.47 Å². The van der Waals surface area contributed by atoms with E-state index in [0.29, 0.717) is 18.0 Å². The Morgan fingerprint density at radius 3 is 2.32 bits per heavy atom. The van der Waals surface area contributed by atoms with E-state index in [1.807, 2.05) is 54.7 Å². The Labute approximate surface area is 146 Å². The number of benzene rings is 2. The van der Waals surface area contributed by atoms with Crippen molar-refractivity contribution in [2.24, 2.45) is 0 Å². The number of nitrogens with zero attached hydrogens (tertiary/aromatic N) is 1. The van der Waals surface area contributed by atoms with Crippen LogP contribution in [0.3, 0.4) is 0 Å². The van der Waals surface area contributed by atoms with Gasteiger partial charge < -0.3 is 19.4 Å². The van der Waals surface area contributed by atoms with Crippen LogP contribution in [0.5, 0.6) is 11.5 Å². The molecule has 0 bridgehead atoms. The van der Waals surface area contributed by atoms with Crippen LogP contribution in [0, 0.1) is 0 Å². The minimum Gasteiger partial charge on any atom is -0.493 e. The smallest absolute Gasteiger partial charge is 0.250 e. The highest BCUT2D eigenvalue weighted by Gasteiger charge is 2.06. The van der Waals surface area contributed by atoms with E-state index < -0.39 is 0 Å². The molecule has 1 heterocycles. The van der Waals surface area contributed by atoms with Crippen molar-refractivity contribution in [3.63, 3.8) is 0 Å². The zero-order valence-electron chi connectivity index (χ0n) is 14.2. The first-order valence-corrected chi connectivity index (χ1v) is 7.93. The van der Waals surface area contributed by atoms with Gasteiger partial charge in [0.2, 0.25) is 0 Å². The topological polar surface area (TPSA) is 52.5 Å². The lowest BCUT2D eigenvalue weighted by Gasteiger charge is -2.13. The van der Waals surface area contributed by atoms with Crippen molar-refractivity contribution in [1.82, 2.24) is 4.57 Å². The number of rotatable bonds is 6. The van der Waals surface area contributed by atoms with Gasteiger partial charge in [-0.05, 0) is 23.8 Å². The van der Waals surface area contributed by atoms with Crippen molar-refractivity contribution in [3.05, 3.63) is 82.8 Å². The summed E-state index contributed by atoms with van der Waals surface area (Å²) < 4.78 is 12.2. The molecule has 0 fully saturated rings. The molecule has 0 unspecified atom stereocenters. The van der Waals surface area contributed by atoms with Crippen LogP contribution in [-0.4, -0.2) is 18.8 Å². The molecule has 1 aromatic heterocycles. The maximum absolute atomic E-state index is 12.1. The summed E-state index contributed by atoms with van der Waals surface area (Å²) in [6, 6.07) is 18.8. The Balaban J connectivity index is 1.84. The van der Waals surface area contributed by atoms with Gasteiger partial charge in [-0.3, -0.25) is 4.79 Å². The van der Waals surface area contributed by atoms with E-state index in [1.54, 1.807) is 30.9 Å². The van der Waals surface area contributed by atoms with E-state index >= 15 is 0 Å². The monoisotopic (exact) mass is 336 g/mol. The largest absolute Gasteiger partial charge is 0.493 e. The molecule has 0 amide bonds. The molecule has 1 N–H and O–H groups in total. The second-order valence-electron chi connectivity index (χ2n) is 5.56. The molecule has 2 aromatic carbocycles. The van der Waals surface area contributed by atoms with E-state index in [0.717, 1.165) is 16.9 Å². The van der Waals surface area contributed by atoms with Crippen molar-refractivity contribution in [1.29, 1.82) is 0 Å². The highest BCUT2D eigenvalue weighted by molar-refractivity contribution is 5.63. The summed E-state index contributed by atoms with van der Waals surface area (Å²) >= 11 is 0. The Bertz CT molecular complexity index is 904. The van der Waals surface area contributed by atoms with Crippen LogP contribution in [0.1, 0.15) is 5.56 Å². The molecule has 0 radical (unpaired) electrons. The average Bonchev–Trinajstić information content (AvgIpc) is 2.65. The third-order valence-electron chi connectivity index (χ3n) is 3.85. The minimum absolute atomic E-state index is 0.0401. The van der Waals surface area contributed by atoms with Gasteiger partial charge in [0.05, 0.1) is 26.5 Å². The summed E-state index contributed by atoms with van der Waals surface area (Å²) in [6.45, 7) is 0.529. The number of aromatic nitrogens is 1. The fourth-order valence-electron chi connectivity index (χ4n) is 2.59. The van der Waals surface area contributed by atoms with Crippen LogP contribution in [0.4, 0.5) is 11.4 Å². The lowest BCUT2D eigenvalue weighted by atomic mass is 10.2. The summed E-state index contributed by atoms with van der Waals surface area (Å²) in [4.78, 5) is 12.1. The molecule has 0 aliphatic rings. The van der Waals surface area contributed by atoms with Gasteiger partial charge in [0.15, 0.2) is 11.5 Å². The fraction of sp³-hybridized carbons (Fsp3) is 0.150. The molecule has 0 atom stereocenters. The summed E-state index contributed by atoms with van der Waals surface area (Å²) in [5.41, 5.74) is 2.71. The number of nitrogens with one attached hydrogen (secondary N) is 1. The van der Waals surface area contributed by atoms with Gasteiger partial charge in [-0.15, -0.1) is 0 Å². The molecular formula is C20H20N2O3. The number of pyridine rings is 1. The molecule has 0 saturated carbocycles. The number of ether oxygens (including phenoxy) is 2. The predicted molar refractivity (Wildman–Crippen MR) is 99.1 cm³/mol. The molecule has 25 heavy (non-hydrogen) atoms. The van der Waals surface area contributed by atoms with Gasteiger partial charge >= 0.3 is 0 Å². The van der Waals surface area contributed by atoms with Crippen molar-refractivity contribution in [2.45, 2.75) is 6.54 Å². The molecule has 3 rings (SSSR count). The van der Waals surface area contributed by atoms with Gasteiger partial charge in [0.25, 0.3) is 5.56 Å². The quantitative estimate of drug-likeness (QED) is 0.746. The predicted octanol–water partition coefficient (Wildman–Crippen LogP) is 3.66. The van der Waals surface area contributed by atoms with E-state index in [9.17, 15) is 4.79 Å². The summed E-state index contributed by atoms with van der Waals surface area (Å²) in [6.07, 6.45) is 1.81. The van der Waals surface area contributed by atoms with Crippen LogP contribution in [-0.2, 0) is 6.54 Å². The van der Waals surface area contributed by atoms with Crippen molar-refractivity contribution in [3.8, 4) is 11.5 Å². The third kappa shape index (κ3) is 4.01. The van der Waals surface area contributed by atoms with E-state index in [1.165, 1.54) is 0 Å². The summed E-state index contributed by atoms with van der Waals surface area (Å²) in [5, 5.41) is 3.29. The second-order valence-corrected chi connectivity index (χ2v) is 5.56. The third-order valence-corrected chi connectivity index (χ3v) is 3.85. The average molecular weight is 336 g/mol. The van der Waals surface area contributed by atoms with Crippen LogP contribution < -0.4 is 20.3 Å². The lowest BCUT2D eigenvalue weighted by molar-refractivity contribution is 0.355. The van der Waals surface area contributed by atoms with Crippen LogP contribution in [0.15, 0.2) is 71.7 Å².